The summed E-state index contributed by atoms with van der Waals surface area (Å²) in [5.41, 5.74) is 3.36. The molecule has 0 bridgehead atoms. The Kier molecular flexibility index (Phi) is 5.40. The van der Waals surface area contributed by atoms with Crippen LogP contribution in [0.15, 0.2) is 48.5 Å². The molecule has 1 fully saturated rings. The van der Waals surface area contributed by atoms with E-state index < -0.39 is 0 Å². The average Bonchev–Trinajstić information content (AvgIpc) is 3.07. The third-order valence-electron chi connectivity index (χ3n) is 3.90. The summed E-state index contributed by atoms with van der Waals surface area (Å²) >= 11 is 0. The molecule has 1 aliphatic rings. The molecule has 0 aliphatic carbocycles. The fourth-order valence-corrected chi connectivity index (χ4v) is 2.50. The summed E-state index contributed by atoms with van der Waals surface area (Å²) in [6, 6.07) is 14.6. The quantitative estimate of drug-likeness (QED) is 0.837. The van der Waals surface area contributed by atoms with E-state index in [0.717, 1.165) is 22.5 Å². The number of nitrogens with zero attached hydrogens (tertiary/aromatic N) is 1. The molecular formula is C20H19N3O3. The van der Waals surface area contributed by atoms with Crippen LogP contribution in [0.25, 0.3) is 0 Å². The maximum absolute atomic E-state index is 11.9. The summed E-state index contributed by atoms with van der Waals surface area (Å²) in [6.07, 6.45) is -0.326. The van der Waals surface area contributed by atoms with Gasteiger partial charge < -0.3 is 15.4 Å². The molecule has 2 N–H and O–H groups in total. The van der Waals surface area contributed by atoms with Crippen LogP contribution in [-0.2, 0) is 4.74 Å². The van der Waals surface area contributed by atoms with Crippen molar-refractivity contribution in [2.75, 3.05) is 29.9 Å². The first-order valence-corrected chi connectivity index (χ1v) is 8.27. The Morgan fingerprint density at radius 3 is 2.65 bits per heavy atom. The second-order valence-electron chi connectivity index (χ2n) is 5.74. The molecule has 0 unspecified atom stereocenters. The topological polar surface area (TPSA) is 70.7 Å². The lowest BCUT2D eigenvalue weighted by Gasteiger charge is -2.11. The first-order valence-electron chi connectivity index (χ1n) is 8.27. The zero-order chi connectivity index (χ0) is 18.4. The average molecular weight is 349 g/mol. The number of anilines is 2. The lowest BCUT2D eigenvalue weighted by atomic mass is 10.2. The van der Waals surface area contributed by atoms with E-state index in [0.29, 0.717) is 13.2 Å². The Hall–Kier alpha value is -3.46. The van der Waals surface area contributed by atoms with E-state index in [9.17, 15) is 9.59 Å². The highest BCUT2D eigenvalue weighted by molar-refractivity contribution is 5.90. The Morgan fingerprint density at radius 2 is 1.96 bits per heavy atom. The number of amides is 3. The van der Waals surface area contributed by atoms with E-state index in [1.807, 2.05) is 55.5 Å². The van der Waals surface area contributed by atoms with Gasteiger partial charge in [0, 0.05) is 16.9 Å². The van der Waals surface area contributed by atoms with Crippen molar-refractivity contribution in [2.45, 2.75) is 6.92 Å². The number of hydrogen-bond donors (Lipinski definition) is 2. The summed E-state index contributed by atoms with van der Waals surface area (Å²) in [6.45, 7) is 3.14. The van der Waals surface area contributed by atoms with Gasteiger partial charge >= 0.3 is 12.1 Å². The molecular weight excluding hydrogens is 330 g/mol. The smallest absolute Gasteiger partial charge is 0.414 e. The lowest BCUT2D eigenvalue weighted by molar-refractivity contribution is 0.181. The number of benzene rings is 2. The normalized spacial score (nSPS) is 12.8. The minimum absolute atomic E-state index is 0.234. The van der Waals surface area contributed by atoms with E-state index in [1.165, 1.54) is 0 Å². The van der Waals surface area contributed by atoms with Crippen LogP contribution in [0.3, 0.4) is 0 Å². The van der Waals surface area contributed by atoms with Crippen LogP contribution in [0.5, 0.6) is 0 Å². The molecule has 0 atom stereocenters. The van der Waals surface area contributed by atoms with Crippen LogP contribution in [0, 0.1) is 18.8 Å². The van der Waals surface area contributed by atoms with Gasteiger partial charge in [-0.2, -0.15) is 0 Å². The number of carbonyl (C=O) groups excluding carboxylic acids is 2. The largest absolute Gasteiger partial charge is 0.447 e. The molecule has 1 aliphatic heterocycles. The molecule has 3 amide bonds. The maximum atomic E-state index is 11.9. The van der Waals surface area contributed by atoms with Crippen molar-refractivity contribution in [3.8, 4) is 11.8 Å². The van der Waals surface area contributed by atoms with Crippen molar-refractivity contribution in [3.63, 3.8) is 0 Å². The van der Waals surface area contributed by atoms with Gasteiger partial charge in [0.2, 0.25) is 0 Å². The Bertz CT molecular complexity index is 866. The third-order valence-corrected chi connectivity index (χ3v) is 3.90. The van der Waals surface area contributed by atoms with Gasteiger partial charge in [0.25, 0.3) is 0 Å². The number of rotatable bonds is 3. The highest BCUT2D eigenvalue weighted by Crippen LogP contribution is 2.18. The molecule has 1 saturated heterocycles. The zero-order valence-corrected chi connectivity index (χ0v) is 14.4. The van der Waals surface area contributed by atoms with Crippen molar-refractivity contribution in [1.82, 2.24) is 5.32 Å². The van der Waals surface area contributed by atoms with Gasteiger partial charge in [-0.1, -0.05) is 30.0 Å². The number of aryl methyl sites for hydroxylation is 1. The second-order valence-corrected chi connectivity index (χ2v) is 5.74. The molecule has 132 valence electrons. The molecule has 0 saturated carbocycles. The van der Waals surface area contributed by atoms with Crippen molar-refractivity contribution in [3.05, 3.63) is 59.7 Å². The Labute approximate surface area is 152 Å². The van der Waals surface area contributed by atoms with Gasteiger partial charge in [0.05, 0.1) is 13.1 Å². The Balaban J connectivity index is 1.49. The number of para-hydroxylation sites is 1. The van der Waals surface area contributed by atoms with E-state index in [4.69, 9.17) is 4.74 Å². The summed E-state index contributed by atoms with van der Waals surface area (Å²) in [5, 5.41) is 5.48. The molecule has 26 heavy (non-hydrogen) atoms. The van der Waals surface area contributed by atoms with Gasteiger partial charge in [0.15, 0.2) is 0 Å². The van der Waals surface area contributed by atoms with Crippen molar-refractivity contribution >= 4 is 23.5 Å². The van der Waals surface area contributed by atoms with Crippen molar-refractivity contribution in [1.29, 1.82) is 0 Å². The molecule has 6 nitrogen and oxygen atoms in total. The number of hydrogen-bond acceptors (Lipinski definition) is 3. The van der Waals surface area contributed by atoms with Crippen molar-refractivity contribution < 1.29 is 14.3 Å². The monoisotopic (exact) mass is 349 g/mol. The molecule has 3 rings (SSSR count). The maximum Gasteiger partial charge on any atom is 0.414 e. The molecule has 1 heterocycles. The van der Waals surface area contributed by atoms with Crippen LogP contribution >= 0.6 is 0 Å². The van der Waals surface area contributed by atoms with Crippen LogP contribution < -0.4 is 15.5 Å². The summed E-state index contributed by atoms with van der Waals surface area (Å²) in [5.74, 6) is 5.88. The van der Waals surface area contributed by atoms with Crippen molar-refractivity contribution in [2.24, 2.45) is 0 Å². The summed E-state index contributed by atoms with van der Waals surface area (Å²) < 4.78 is 4.91. The predicted octanol–water partition coefficient (Wildman–Crippen LogP) is 3.12. The van der Waals surface area contributed by atoms with Crippen LogP contribution in [0.4, 0.5) is 21.0 Å². The number of ether oxygens (including phenoxy) is 1. The number of carbonyl (C=O) groups is 2. The molecule has 0 aromatic heterocycles. The van der Waals surface area contributed by atoms with E-state index in [2.05, 4.69) is 22.5 Å². The van der Waals surface area contributed by atoms with Gasteiger partial charge in [-0.3, -0.25) is 4.90 Å². The molecule has 6 heteroatoms. The van der Waals surface area contributed by atoms with Gasteiger partial charge in [-0.05, 0) is 42.8 Å². The van der Waals surface area contributed by atoms with Gasteiger partial charge in [-0.15, -0.1) is 0 Å². The first kappa shape index (κ1) is 17.4. The minimum Gasteiger partial charge on any atom is -0.447 e. The highest BCUT2D eigenvalue weighted by atomic mass is 16.6. The first-order chi connectivity index (χ1) is 12.6. The minimum atomic E-state index is -0.326. The predicted molar refractivity (Wildman–Crippen MR) is 100 cm³/mol. The Morgan fingerprint density at radius 1 is 1.19 bits per heavy atom. The number of nitrogens with one attached hydrogen (secondary N) is 2. The molecule has 0 radical (unpaired) electrons. The summed E-state index contributed by atoms with van der Waals surface area (Å²) in [7, 11) is 0. The van der Waals surface area contributed by atoms with Gasteiger partial charge in [0.1, 0.15) is 6.61 Å². The molecule has 2 aromatic rings. The fourth-order valence-electron chi connectivity index (χ4n) is 2.50. The zero-order valence-electron chi connectivity index (χ0n) is 14.4. The van der Waals surface area contributed by atoms with Gasteiger partial charge in [-0.25, -0.2) is 9.59 Å². The van der Waals surface area contributed by atoms with Crippen LogP contribution in [0.2, 0.25) is 0 Å². The standard InChI is InChI=1S/C20H19N3O3/c1-15-5-2-3-7-18(15)22-19(24)21-12-4-6-16-8-10-17(11-9-16)23-13-14-26-20(23)25/h2-3,5,7-11H,12-14H2,1H3,(H2,21,22,24). The SMILES string of the molecule is Cc1ccccc1NC(=O)NCC#Cc1ccc(N2CCOC2=O)cc1. The van der Waals surface area contributed by atoms with E-state index >= 15 is 0 Å². The second kappa shape index (κ2) is 8.08. The number of urea groups is 1. The number of cyclic esters (lactones) is 1. The lowest BCUT2D eigenvalue weighted by Crippen LogP contribution is -2.29. The van der Waals surface area contributed by atoms with Crippen LogP contribution in [0.1, 0.15) is 11.1 Å². The molecule has 2 aromatic carbocycles. The summed E-state index contributed by atoms with van der Waals surface area (Å²) in [4.78, 5) is 25.0. The third kappa shape index (κ3) is 4.33. The van der Waals surface area contributed by atoms with Crippen LogP contribution in [-0.4, -0.2) is 31.8 Å². The van der Waals surface area contributed by atoms with E-state index in [-0.39, 0.29) is 18.7 Å². The fraction of sp³-hybridized carbons (Fsp3) is 0.200. The van der Waals surface area contributed by atoms with E-state index in [1.54, 1.807) is 4.90 Å². The highest BCUT2D eigenvalue weighted by Gasteiger charge is 2.23. The molecule has 0 spiro atoms.